The molecule has 1 N–H and O–H groups in total. The van der Waals surface area contributed by atoms with Crippen molar-refractivity contribution in [2.24, 2.45) is 0 Å². The van der Waals surface area contributed by atoms with E-state index in [0.717, 1.165) is 29.8 Å². The fraction of sp³-hybridized carbons (Fsp3) is 0.250. The van der Waals surface area contributed by atoms with Crippen molar-refractivity contribution in [2.45, 2.75) is 32.9 Å². The Labute approximate surface area is 204 Å². The standard InChI is InChI=1S/C28H29F2N3O2/c1-3-16-32(19-27(34)21-8-5-4-6-9-21)18-26-20(2)31-33(24-14-12-22(29)13-15-24)28(26)35-25-11-7-10-23(30)17-25/h4-15,17,27,34H,3,16,18-19H2,1-2H3. The number of aliphatic hydroxyl groups is 1. The second-order valence-electron chi connectivity index (χ2n) is 8.48. The minimum atomic E-state index is -0.650. The van der Waals surface area contributed by atoms with Gasteiger partial charge in [0.2, 0.25) is 5.88 Å². The Morgan fingerprint density at radius 1 is 0.971 bits per heavy atom. The van der Waals surface area contributed by atoms with Gasteiger partial charge in [-0.2, -0.15) is 5.10 Å². The number of hydrogen-bond acceptors (Lipinski definition) is 4. The topological polar surface area (TPSA) is 50.5 Å². The number of halogens is 2. The van der Waals surface area contributed by atoms with Crippen LogP contribution in [0.15, 0.2) is 78.9 Å². The molecule has 1 heterocycles. The molecule has 0 spiro atoms. The van der Waals surface area contributed by atoms with E-state index in [4.69, 9.17) is 4.74 Å². The van der Waals surface area contributed by atoms with E-state index >= 15 is 0 Å². The predicted molar refractivity (Wildman–Crippen MR) is 132 cm³/mol. The van der Waals surface area contributed by atoms with Gasteiger partial charge in [-0.15, -0.1) is 0 Å². The summed E-state index contributed by atoms with van der Waals surface area (Å²) in [7, 11) is 0. The Morgan fingerprint density at radius 3 is 2.40 bits per heavy atom. The summed E-state index contributed by atoms with van der Waals surface area (Å²) >= 11 is 0. The molecule has 5 nitrogen and oxygen atoms in total. The number of ether oxygens (including phenoxy) is 1. The van der Waals surface area contributed by atoms with Gasteiger partial charge < -0.3 is 9.84 Å². The number of aryl methyl sites for hydroxylation is 1. The third-order valence-corrected chi connectivity index (χ3v) is 5.76. The van der Waals surface area contributed by atoms with Gasteiger partial charge in [0.1, 0.15) is 17.4 Å². The second-order valence-corrected chi connectivity index (χ2v) is 8.48. The monoisotopic (exact) mass is 477 g/mol. The van der Waals surface area contributed by atoms with Crippen molar-refractivity contribution in [1.29, 1.82) is 0 Å². The van der Waals surface area contributed by atoms with E-state index in [1.54, 1.807) is 28.9 Å². The van der Waals surface area contributed by atoms with Crippen LogP contribution in [-0.4, -0.2) is 32.9 Å². The van der Waals surface area contributed by atoms with Crippen molar-refractivity contribution in [2.75, 3.05) is 13.1 Å². The summed E-state index contributed by atoms with van der Waals surface area (Å²) in [5.41, 5.74) is 3.02. The predicted octanol–water partition coefficient (Wildman–Crippen LogP) is 6.20. The summed E-state index contributed by atoms with van der Waals surface area (Å²) in [6, 6.07) is 21.4. The molecule has 0 bridgehead atoms. The fourth-order valence-electron chi connectivity index (χ4n) is 4.02. The van der Waals surface area contributed by atoms with Crippen LogP contribution in [0.25, 0.3) is 5.69 Å². The third-order valence-electron chi connectivity index (χ3n) is 5.76. The third kappa shape index (κ3) is 6.12. The Bertz CT molecular complexity index is 1240. The summed E-state index contributed by atoms with van der Waals surface area (Å²) in [5.74, 6) is -0.00225. The summed E-state index contributed by atoms with van der Waals surface area (Å²) in [6.45, 7) is 5.62. The van der Waals surface area contributed by atoms with Crippen molar-refractivity contribution in [3.63, 3.8) is 0 Å². The highest BCUT2D eigenvalue weighted by Gasteiger charge is 2.23. The van der Waals surface area contributed by atoms with E-state index in [-0.39, 0.29) is 5.82 Å². The molecule has 0 amide bonds. The van der Waals surface area contributed by atoms with Crippen LogP contribution >= 0.6 is 0 Å². The molecule has 0 aliphatic rings. The van der Waals surface area contributed by atoms with Crippen molar-refractivity contribution >= 4 is 0 Å². The number of aliphatic hydroxyl groups excluding tert-OH is 1. The van der Waals surface area contributed by atoms with Gasteiger partial charge >= 0.3 is 0 Å². The summed E-state index contributed by atoms with van der Waals surface area (Å²) < 4.78 is 35.2. The number of hydrogen-bond donors (Lipinski definition) is 1. The van der Waals surface area contributed by atoms with Crippen molar-refractivity contribution < 1.29 is 18.6 Å². The lowest BCUT2D eigenvalue weighted by Crippen LogP contribution is -2.29. The van der Waals surface area contributed by atoms with Crippen LogP contribution in [0.2, 0.25) is 0 Å². The van der Waals surface area contributed by atoms with Gasteiger partial charge in [-0.05, 0) is 61.9 Å². The first-order valence-electron chi connectivity index (χ1n) is 11.7. The van der Waals surface area contributed by atoms with E-state index in [1.807, 2.05) is 37.3 Å². The van der Waals surface area contributed by atoms with Crippen molar-refractivity contribution in [3.8, 4) is 17.3 Å². The lowest BCUT2D eigenvalue weighted by Gasteiger charge is -2.25. The van der Waals surface area contributed by atoms with Crippen LogP contribution in [0.1, 0.15) is 36.3 Å². The van der Waals surface area contributed by atoms with Crippen molar-refractivity contribution in [1.82, 2.24) is 14.7 Å². The van der Waals surface area contributed by atoms with Gasteiger partial charge in [-0.1, -0.05) is 43.3 Å². The molecule has 0 aliphatic heterocycles. The highest BCUT2D eigenvalue weighted by Crippen LogP contribution is 2.32. The van der Waals surface area contributed by atoms with Crippen LogP contribution in [0.5, 0.6) is 11.6 Å². The van der Waals surface area contributed by atoms with E-state index in [9.17, 15) is 13.9 Å². The highest BCUT2D eigenvalue weighted by atomic mass is 19.1. The average molecular weight is 478 g/mol. The number of aromatic nitrogens is 2. The largest absolute Gasteiger partial charge is 0.438 e. The molecule has 0 aliphatic carbocycles. The van der Waals surface area contributed by atoms with Gasteiger partial charge in [0.15, 0.2) is 0 Å². The smallest absolute Gasteiger partial charge is 0.227 e. The molecule has 4 rings (SSSR count). The molecule has 0 saturated heterocycles. The molecule has 3 aromatic carbocycles. The van der Waals surface area contributed by atoms with Gasteiger partial charge in [-0.3, -0.25) is 4.90 Å². The molecule has 35 heavy (non-hydrogen) atoms. The maximum absolute atomic E-state index is 13.9. The van der Waals surface area contributed by atoms with Crippen molar-refractivity contribution in [3.05, 3.63) is 107 Å². The van der Waals surface area contributed by atoms with E-state index in [1.165, 1.54) is 24.3 Å². The summed E-state index contributed by atoms with van der Waals surface area (Å²) in [5, 5.41) is 15.5. The molecule has 7 heteroatoms. The van der Waals surface area contributed by atoms with Crippen LogP contribution in [0, 0.1) is 18.6 Å². The molecule has 0 radical (unpaired) electrons. The molecule has 1 unspecified atom stereocenters. The first-order valence-corrected chi connectivity index (χ1v) is 11.7. The molecule has 0 fully saturated rings. The van der Waals surface area contributed by atoms with Crippen LogP contribution in [0.3, 0.4) is 0 Å². The van der Waals surface area contributed by atoms with Crippen LogP contribution in [-0.2, 0) is 6.54 Å². The van der Waals surface area contributed by atoms with Crippen LogP contribution in [0.4, 0.5) is 8.78 Å². The SMILES string of the molecule is CCCN(Cc1c(C)nn(-c2ccc(F)cc2)c1Oc1cccc(F)c1)CC(O)c1ccccc1. The Balaban J connectivity index is 1.69. The molecule has 182 valence electrons. The van der Waals surface area contributed by atoms with Gasteiger partial charge in [0.05, 0.1) is 23.0 Å². The lowest BCUT2D eigenvalue weighted by molar-refractivity contribution is 0.108. The number of rotatable bonds is 10. The number of benzene rings is 3. The highest BCUT2D eigenvalue weighted by molar-refractivity contribution is 5.43. The first-order chi connectivity index (χ1) is 16.9. The molecule has 1 atom stereocenters. The Hall–Kier alpha value is -3.55. The Kier molecular flexibility index (Phi) is 7.90. The van der Waals surface area contributed by atoms with Crippen LogP contribution < -0.4 is 4.74 Å². The van der Waals surface area contributed by atoms with E-state index < -0.39 is 11.9 Å². The van der Waals surface area contributed by atoms with E-state index in [2.05, 4.69) is 16.9 Å². The van der Waals surface area contributed by atoms with Gasteiger partial charge in [0.25, 0.3) is 0 Å². The molecular formula is C28H29F2N3O2. The second kappa shape index (κ2) is 11.3. The summed E-state index contributed by atoms with van der Waals surface area (Å²) in [4.78, 5) is 2.15. The fourth-order valence-corrected chi connectivity index (χ4v) is 4.02. The number of nitrogens with zero attached hydrogens (tertiary/aromatic N) is 3. The minimum absolute atomic E-state index is 0.334. The van der Waals surface area contributed by atoms with Gasteiger partial charge in [0, 0.05) is 19.2 Å². The minimum Gasteiger partial charge on any atom is -0.438 e. The normalized spacial score (nSPS) is 12.2. The maximum Gasteiger partial charge on any atom is 0.227 e. The molecular weight excluding hydrogens is 448 g/mol. The lowest BCUT2D eigenvalue weighted by atomic mass is 10.1. The van der Waals surface area contributed by atoms with Gasteiger partial charge in [-0.25, -0.2) is 13.5 Å². The van der Waals surface area contributed by atoms with E-state index in [0.29, 0.717) is 30.4 Å². The zero-order valence-electron chi connectivity index (χ0n) is 19.9. The first kappa shape index (κ1) is 24.6. The Morgan fingerprint density at radius 2 is 1.71 bits per heavy atom. The maximum atomic E-state index is 13.9. The molecule has 1 aromatic heterocycles. The molecule has 4 aromatic rings. The summed E-state index contributed by atoms with van der Waals surface area (Å²) in [6.07, 6.45) is 0.245. The average Bonchev–Trinajstić information content (AvgIpc) is 3.15. The quantitative estimate of drug-likeness (QED) is 0.296. The molecule has 0 saturated carbocycles. The zero-order chi connectivity index (χ0) is 24.8. The zero-order valence-corrected chi connectivity index (χ0v) is 19.9.